The lowest BCUT2D eigenvalue weighted by molar-refractivity contribution is -0.119. The Morgan fingerprint density at radius 3 is 2.68 bits per heavy atom. The minimum Gasteiger partial charge on any atom is -0.357 e. The normalized spacial score (nSPS) is 12.1. The van der Waals surface area contributed by atoms with Crippen LogP contribution in [0.4, 0.5) is 5.69 Å². The summed E-state index contributed by atoms with van der Waals surface area (Å²) in [7, 11) is 1.92. The van der Waals surface area contributed by atoms with Crippen molar-refractivity contribution in [2.24, 2.45) is 18.0 Å². The Kier molecular flexibility index (Phi) is 10.6. The lowest BCUT2D eigenvalue weighted by Crippen LogP contribution is -2.37. The van der Waals surface area contributed by atoms with Crippen molar-refractivity contribution in [3.8, 4) is 0 Å². The number of anilines is 1. The topological polar surface area (TPSA) is 83.3 Å². The van der Waals surface area contributed by atoms with Gasteiger partial charge in [0, 0.05) is 31.4 Å². The summed E-state index contributed by atoms with van der Waals surface area (Å²) in [6, 6.07) is 9.79. The van der Waals surface area contributed by atoms with Crippen molar-refractivity contribution in [1.82, 2.24) is 20.4 Å². The fourth-order valence-electron chi connectivity index (χ4n) is 2.46. The molecule has 0 spiro atoms. The second-order valence-corrected chi connectivity index (χ2v) is 6.49. The molecule has 2 rings (SSSR count). The van der Waals surface area contributed by atoms with E-state index in [9.17, 15) is 4.79 Å². The number of hydrogen-bond acceptors (Lipinski definition) is 3. The van der Waals surface area contributed by atoms with Crippen molar-refractivity contribution < 1.29 is 4.79 Å². The Bertz CT molecular complexity index is 774. The summed E-state index contributed by atoms with van der Waals surface area (Å²) in [6.07, 6.45) is 2.60. The Morgan fingerprint density at radius 1 is 1.25 bits per heavy atom. The van der Waals surface area contributed by atoms with Crippen LogP contribution >= 0.6 is 24.0 Å². The SMILES string of the molecule is CCNC(=NCc1cccc(NC(=O)C(C)CC)c1)NCc1ccnn1C.I. The number of hydrogen-bond donors (Lipinski definition) is 3. The quantitative estimate of drug-likeness (QED) is 0.297. The molecule has 0 bridgehead atoms. The number of benzene rings is 1. The van der Waals surface area contributed by atoms with Crippen LogP contribution in [0.15, 0.2) is 41.5 Å². The van der Waals surface area contributed by atoms with Gasteiger partial charge in [0.2, 0.25) is 5.91 Å². The van der Waals surface area contributed by atoms with E-state index in [0.717, 1.165) is 35.9 Å². The molecule has 1 heterocycles. The highest BCUT2D eigenvalue weighted by Crippen LogP contribution is 2.13. The zero-order valence-electron chi connectivity index (χ0n) is 17.0. The van der Waals surface area contributed by atoms with Gasteiger partial charge in [-0.05, 0) is 37.1 Å². The first kappa shape index (κ1) is 23.9. The van der Waals surface area contributed by atoms with Crippen molar-refractivity contribution in [3.05, 3.63) is 47.8 Å². The van der Waals surface area contributed by atoms with Crippen molar-refractivity contribution in [3.63, 3.8) is 0 Å². The molecule has 0 saturated heterocycles. The van der Waals surface area contributed by atoms with Crippen LogP contribution < -0.4 is 16.0 Å². The van der Waals surface area contributed by atoms with Crippen LogP contribution in [0.3, 0.4) is 0 Å². The van der Waals surface area contributed by atoms with Crippen LogP contribution in [0.25, 0.3) is 0 Å². The highest BCUT2D eigenvalue weighted by atomic mass is 127. The molecule has 1 amide bonds. The Morgan fingerprint density at radius 2 is 2.04 bits per heavy atom. The largest absolute Gasteiger partial charge is 0.357 e. The average molecular weight is 498 g/mol. The van der Waals surface area contributed by atoms with Crippen molar-refractivity contribution in [2.45, 2.75) is 40.3 Å². The highest BCUT2D eigenvalue weighted by molar-refractivity contribution is 14.0. The zero-order chi connectivity index (χ0) is 19.6. The molecule has 0 aliphatic rings. The Labute approximate surface area is 184 Å². The lowest BCUT2D eigenvalue weighted by atomic mass is 10.1. The number of rotatable bonds is 8. The monoisotopic (exact) mass is 498 g/mol. The first-order valence-corrected chi connectivity index (χ1v) is 9.42. The van der Waals surface area contributed by atoms with Gasteiger partial charge in [0.15, 0.2) is 5.96 Å². The van der Waals surface area contributed by atoms with Crippen LogP contribution in [-0.4, -0.2) is 28.2 Å². The number of nitrogens with one attached hydrogen (secondary N) is 3. The maximum atomic E-state index is 12.1. The van der Waals surface area contributed by atoms with Crippen molar-refractivity contribution in [2.75, 3.05) is 11.9 Å². The zero-order valence-corrected chi connectivity index (χ0v) is 19.4. The van der Waals surface area contributed by atoms with E-state index in [-0.39, 0.29) is 35.8 Å². The van der Waals surface area contributed by atoms with Gasteiger partial charge in [-0.2, -0.15) is 5.10 Å². The van der Waals surface area contributed by atoms with Crippen molar-refractivity contribution >= 4 is 41.5 Å². The van der Waals surface area contributed by atoms with Crippen LogP contribution in [0, 0.1) is 5.92 Å². The minimum atomic E-state index is 0. The molecule has 7 nitrogen and oxygen atoms in total. The van der Waals surface area contributed by atoms with Gasteiger partial charge in [-0.25, -0.2) is 4.99 Å². The molecule has 0 aliphatic heterocycles. The van der Waals surface area contributed by atoms with Crippen LogP contribution in [0.2, 0.25) is 0 Å². The van der Waals surface area contributed by atoms with Gasteiger partial charge >= 0.3 is 0 Å². The van der Waals surface area contributed by atoms with Gasteiger partial charge in [-0.1, -0.05) is 26.0 Å². The van der Waals surface area contributed by atoms with E-state index in [2.05, 4.69) is 26.0 Å². The van der Waals surface area contributed by atoms with Gasteiger partial charge < -0.3 is 16.0 Å². The predicted molar refractivity (Wildman–Crippen MR) is 125 cm³/mol. The number of aromatic nitrogens is 2. The second kappa shape index (κ2) is 12.4. The summed E-state index contributed by atoms with van der Waals surface area (Å²) < 4.78 is 1.83. The van der Waals surface area contributed by atoms with E-state index in [1.54, 1.807) is 6.20 Å². The van der Waals surface area contributed by atoms with Gasteiger partial charge in [-0.15, -0.1) is 24.0 Å². The van der Waals surface area contributed by atoms with Gasteiger partial charge in [-0.3, -0.25) is 9.48 Å². The third kappa shape index (κ3) is 7.49. The first-order chi connectivity index (χ1) is 13.0. The Hall–Kier alpha value is -2.10. The summed E-state index contributed by atoms with van der Waals surface area (Å²) in [4.78, 5) is 16.7. The number of nitrogens with zero attached hydrogens (tertiary/aromatic N) is 3. The van der Waals surface area contributed by atoms with E-state index in [1.165, 1.54) is 0 Å². The summed E-state index contributed by atoms with van der Waals surface area (Å²) >= 11 is 0. The maximum Gasteiger partial charge on any atom is 0.227 e. The van der Waals surface area contributed by atoms with E-state index >= 15 is 0 Å². The smallest absolute Gasteiger partial charge is 0.227 e. The molecular formula is C20H31IN6O. The van der Waals surface area contributed by atoms with E-state index in [4.69, 9.17) is 0 Å². The molecule has 0 radical (unpaired) electrons. The number of carbonyl (C=O) groups excluding carboxylic acids is 1. The fraction of sp³-hybridized carbons (Fsp3) is 0.450. The maximum absolute atomic E-state index is 12.1. The first-order valence-electron chi connectivity index (χ1n) is 9.42. The lowest BCUT2D eigenvalue weighted by Gasteiger charge is -2.12. The van der Waals surface area contributed by atoms with Crippen LogP contribution in [0.1, 0.15) is 38.4 Å². The molecular weight excluding hydrogens is 467 g/mol. The minimum absolute atomic E-state index is 0. The van der Waals surface area contributed by atoms with E-state index in [0.29, 0.717) is 13.1 Å². The molecule has 3 N–H and O–H groups in total. The highest BCUT2D eigenvalue weighted by Gasteiger charge is 2.10. The third-order valence-corrected chi connectivity index (χ3v) is 4.38. The molecule has 154 valence electrons. The number of guanidine groups is 1. The van der Waals surface area contributed by atoms with E-state index in [1.807, 2.05) is 62.8 Å². The Balaban J connectivity index is 0.00000392. The average Bonchev–Trinajstić information content (AvgIpc) is 3.08. The molecule has 2 aromatic rings. The number of amides is 1. The molecule has 28 heavy (non-hydrogen) atoms. The summed E-state index contributed by atoms with van der Waals surface area (Å²) in [5.74, 6) is 0.792. The molecule has 1 aromatic carbocycles. The third-order valence-electron chi connectivity index (χ3n) is 4.38. The summed E-state index contributed by atoms with van der Waals surface area (Å²) in [5, 5.41) is 13.7. The predicted octanol–water partition coefficient (Wildman–Crippen LogP) is 3.28. The number of carbonyl (C=O) groups is 1. The van der Waals surface area contributed by atoms with Crippen molar-refractivity contribution in [1.29, 1.82) is 0 Å². The number of aryl methyl sites for hydroxylation is 1. The summed E-state index contributed by atoms with van der Waals surface area (Å²) in [6.45, 7) is 7.92. The standard InChI is InChI=1S/C20H30N6O.HI/c1-5-15(3)19(27)25-17-9-7-8-16(12-17)13-22-20(21-6-2)23-14-18-10-11-24-26(18)4;/h7-12,15H,5-6,13-14H2,1-4H3,(H,25,27)(H2,21,22,23);1H. The molecule has 8 heteroatoms. The number of halogens is 1. The van der Waals surface area contributed by atoms with Gasteiger partial charge in [0.1, 0.15) is 0 Å². The molecule has 1 atom stereocenters. The summed E-state index contributed by atoms with van der Waals surface area (Å²) in [5.41, 5.74) is 2.92. The molecule has 1 aromatic heterocycles. The van der Waals surface area contributed by atoms with Crippen LogP contribution in [-0.2, 0) is 24.9 Å². The van der Waals surface area contributed by atoms with Gasteiger partial charge in [0.25, 0.3) is 0 Å². The molecule has 1 unspecified atom stereocenters. The van der Waals surface area contributed by atoms with Crippen LogP contribution in [0.5, 0.6) is 0 Å². The molecule has 0 fully saturated rings. The van der Waals surface area contributed by atoms with E-state index < -0.39 is 0 Å². The number of aliphatic imine (C=N–C) groups is 1. The fourth-order valence-corrected chi connectivity index (χ4v) is 2.46. The molecule has 0 aliphatic carbocycles. The second-order valence-electron chi connectivity index (χ2n) is 6.49. The molecule has 0 saturated carbocycles. The van der Waals surface area contributed by atoms with Gasteiger partial charge in [0.05, 0.1) is 18.8 Å².